The predicted molar refractivity (Wildman–Crippen MR) is 94.3 cm³/mol. The smallest absolute Gasteiger partial charge is 0.273 e. The van der Waals surface area contributed by atoms with Gasteiger partial charge in [0.05, 0.1) is 22.6 Å². The molecule has 0 aliphatic heterocycles. The molecular formula is C18H18BrClFN3O2. The average molecular weight is 443 g/mol. The van der Waals surface area contributed by atoms with Crippen molar-refractivity contribution in [2.75, 3.05) is 0 Å². The SMILES string of the molecule is CCC[n+]1c(C)n(Cc2c(F)cccc2Cl)c2cc([N+](=O)[O-])ccc21.[Br-]. The van der Waals surface area contributed by atoms with Crippen LogP contribution in [0.15, 0.2) is 36.4 Å². The number of rotatable bonds is 5. The zero-order chi connectivity index (χ0) is 18.1. The van der Waals surface area contributed by atoms with E-state index in [4.69, 9.17) is 11.6 Å². The Kier molecular flexibility index (Phi) is 6.36. The van der Waals surface area contributed by atoms with Crippen LogP contribution in [-0.2, 0) is 13.1 Å². The number of nitro groups is 1. The molecule has 0 saturated heterocycles. The monoisotopic (exact) mass is 441 g/mol. The lowest BCUT2D eigenvalue weighted by molar-refractivity contribution is -0.678. The van der Waals surface area contributed by atoms with E-state index in [1.807, 2.05) is 11.5 Å². The summed E-state index contributed by atoms with van der Waals surface area (Å²) >= 11 is 6.16. The highest BCUT2D eigenvalue weighted by Crippen LogP contribution is 2.25. The van der Waals surface area contributed by atoms with Crippen LogP contribution in [0.1, 0.15) is 24.7 Å². The topological polar surface area (TPSA) is 52.0 Å². The minimum Gasteiger partial charge on any atom is -1.00 e. The molecule has 1 aromatic heterocycles. The third-order valence-electron chi connectivity index (χ3n) is 4.36. The molecule has 26 heavy (non-hydrogen) atoms. The first-order valence-electron chi connectivity index (χ1n) is 8.04. The summed E-state index contributed by atoms with van der Waals surface area (Å²) in [6.45, 7) is 4.98. The molecule has 0 aliphatic rings. The normalized spacial score (nSPS) is 10.8. The van der Waals surface area contributed by atoms with Crippen LogP contribution in [0.4, 0.5) is 10.1 Å². The molecule has 8 heteroatoms. The van der Waals surface area contributed by atoms with E-state index in [1.165, 1.54) is 18.2 Å². The molecule has 0 atom stereocenters. The van der Waals surface area contributed by atoms with Crippen molar-refractivity contribution in [3.8, 4) is 0 Å². The second kappa shape index (κ2) is 8.14. The van der Waals surface area contributed by atoms with Gasteiger partial charge in [0.25, 0.3) is 11.5 Å². The fraction of sp³-hybridized carbons (Fsp3) is 0.278. The number of benzene rings is 2. The number of aromatic nitrogens is 2. The van der Waals surface area contributed by atoms with Gasteiger partial charge in [-0.15, -0.1) is 0 Å². The average Bonchev–Trinajstić information content (AvgIpc) is 2.83. The van der Waals surface area contributed by atoms with Gasteiger partial charge in [-0.1, -0.05) is 24.6 Å². The van der Waals surface area contributed by atoms with Gasteiger partial charge in [-0.05, 0) is 24.6 Å². The van der Waals surface area contributed by atoms with E-state index in [1.54, 1.807) is 18.2 Å². The maximum absolute atomic E-state index is 14.2. The number of fused-ring (bicyclic) bond motifs is 1. The van der Waals surface area contributed by atoms with Crippen molar-refractivity contribution in [1.29, 1.82) is 0 Å². The second-order valence-corrected chi connectivity index (χ2v) is 6.32. The number of aryl methyl sites for hydroxylation is 1. The fourth-order valence-electron chi connectivity index (χ4n) is 3.11. The molecule has 0 fully saturated rings. The van der Waals surface area contributed by atoms with Gasteiger partial charge in [0, 0.05) is 18.6 Å². The van der Waals surface area contributed by atoms with Crippen LogP contribution < -0.4 is 21.5 Å². The van der Waals surface area contributed by atoms with Crippen molar-refractivity contribution < 1.29 is 30.9 Å². The molecule has 0 unspecified atom stereocenters. The number of nitrogens with zero attached hydrogens (tertiary/aromatic N) is 3. The van der Waals surface area contributed by atoms with Crippen molar-refractivity contribution >= 4 is 28.3 Å². The van der Waals surface area contributed by atoms with E-state index in [2.05, 4.69) is 11.5 Å². The third kappa shape index (κ3) is 3.59. The molecule has 0 bridgehead atoms. The molecule has 0 radical (unpaired) electrons. The van der Waals surface area contributed by atoms with E-state index in [0.717, 1.165) is 24.3 Å². The van der Waals surface area contributed by atoms with Crippen LogP contribution >= 0.6 is 11.6 Å². The number of hydrogen-bond acceptors (Lipinski definition) is 2. The van der Waals surface area contributed by atoms with E-state index in [9.17, 15) is 14.5 Å². The number of non-ortho nitro benzene ring substituents is 1. The molecule has 138 valence electrons. The summed E-state index contributed by atoms with van der Waals surface area (Å²) in [5.41, 5.74) is 1.96. The summed E-state index contributed by atoms with van der Waals surface area (Å²) in [5, 5.41) is 11.5. The van der Waals surface area contributed by atoms with Crippen LogP contribution in [0.25, 0.3) is 11.0 Å². The Morgan fingerprint density at radius 2 is 2.04 bits per heavy atom. The van der Waals surface area contributed by atoms with Crippen LogP contribution in [-0.4, -0.2) is 9.49 Å². The molecule has 0 spiro atoms. The summed E-state index contributed by atoms with van der Waals surface area (Å²) in [5.74, 6) is 0.512. The van der Waals surface area contributed by atoms with Gasteiger partial charge in [0.1, 0.15) is 12.4 Å². The summed E-state index contributed by atoms with van der Waals surface area (Å²) in [7, 11) is 0. The number of nitro benzene ring substituents is 1. The molecule has 3 rings (SSSR count). The van der Waals surface area contributed by atoms with Crippen LogP contribution in [0.2, 0.25) is 5.02 Å². The van der Waals surface area contributed by atoms with E-state index < -0.39 is 4.92 Å². The van der Waals surface area contributed by atoms with Gasteiger partial charge in [0.2, 0.25) is 0 Å². The zero-order valence-electron chi connectivity index (χ0n) is 14.4. The first-order valence-corrected chi connectivity index (χ1v) is 8.41. The van der Waals surface area contributed by atoms with E-state index >= 15 is 0 Å². The van der Waals surface area contributed by atoms with E-state index in [-0.39, 0.29) is 35.0 Å². The van der Waals surface area contributed by atoms with Crippen molar-refractivity contribution in [3.05, 3.63) is 68.7 Å². The molecule has 0 aliphatic carbocycles. The molecule has 5 nitrogen and oxygen atoms in total. The fourth-order valence-corrected chi connectivity index (χ4v) is 3.33. The molecule has 2 aromatic carbocycles. The van der Waals surface area contributed by atoms with Crippen LogP contribution in [0.5, 0.6) is 0 Å². The summed E-state index contributed by atoms with van der Waals surface area (Å²) in [4.78, 5) is 10.7. The Bertz CT molecular complexity index is 954. The quantitative estimate of drug-likeness (QED) is 0.341. The first kappa shape index (κ1) is 20.3. The lowest BCUT2D eigenvalue weighted by Crippen LogP contribution is -3.00. The van der Waals surface area contributed by atoms with Crippen LogP contribution in [0.3, 0.4) is 0 Å². The van der Waals surface area contributed by atoms with Crippen molar-refractivity contribution in [3.63, 3.8) is 0 Å². The van der Waals surface area contributed by atoms with Gasteiger partial charge >= 0.3 is 0 Å². The summed E-state index contributed by atoms with van der Waals surface area (Å²) in [6, 6.07) is 9.34. The Labute approximate surface area is 165 Å². The largest absolute Gasteiger partial charge is 1.00 e. The van der Waals surface area contributed by atoms with Gasteiger partial charge in [0.15, 0.2) is 11.0 Å². The third-order valence-corrected chi connectivity index (χ3v) is 4.71. The Balaban J connectivity index is 0.00000243. The van der Waals surface area contributed by atoms with Gasteiger partial charge < -0.3 is 17.0 Å². The van der Waals surface area contributed by atoms with Crippen molar-refractivity contribution in [2.45, 2.75) is 33.4 Å². The van der Waals surface area contributed by atoms with E-state index in [0.29, 0.717) is 16.1 Å². The standard InChI is InChI=1S/C18H18ClFN3O2.BrH/c1-3-9-21-12(2)22(11-14-15(19)5-4-6-16(14)20)18-10-13(23(24)25)7-8-17(18)21;/h4-8,10H,3,9,11H2,1-2H3;1H/q+1;/p-1. The molecular weight excluding hydrogens is 425 g/mol. The molecule has 3 aromatic rings. The first-order chi connectivity index (χ1) is 11.9. The Morgan fingerprint density at radius 1 is 1.31 bits per heavy atom. The summed E-state index contributed by atoms with van der Waals surface area (Å²) < 4.78 is 18.2. The van der Waals surface area contributed by atoms with Gasteiger partial charge in [-0.25, -0.2) is 13.5 Å². The second-order valence-electron chi connectivity index (χ2n) is 5.92. The number of halogens is 3. The molecule has 0 N–H and O–H groups in total. The Morgan fingerprint density at radius 3 is 2.65 bits per heavy atom. The predicted octanol–water partition coefficient (Wildman–Crippen LogP) is 1.40. The highest BCUT2D eigenvalue weighted by Gasteiger charge is 2.25. The zero-order valence-corrected chi connectivity index (χ0v) is 16.7. The van der Waals surface area contributed by atoms with Gasteiger partial charge in [-0.3, -0.25) is 10.1 Å². The highest BCUT2D eigenvalue weighted by atomic mass is 79.9. The minimum absolute atomic E-state index is 0. The number of hydrogen-bond donors (Lipinski definition) is 0. The molecule has 1 heterocycles. The van der Waals surface area contributed by atoms with Gasteiger partial charge in [-0.2, -0.15) is 0 Å². The lowest BCUT2D eigenvalue weighted by atomic mass is 10.2. The maximum Gasteiger partial charge on any atom is 0.273 e. The van der Waals surface area contributed by atoms with Crippen LogP contribution in [0, 0.1) is 22.9 Å². The van der Waals surface area contributed by atoms with Crippen molar-refractivity contribution in [1.82, 2.24) is 4.57 Å². The summed E-state index contributed by atoms with van der Waals surface area (Å²) in [6.07, 6.45) is 0.919. The lowest BCUT2D eigenvalue weighted by Gasteiger charge is -2.05. The maximum atomic E-state index is 14.2. The minimum atomic E-state index is -0.424. The molecule has 0 saturated carbocycles. The van der Waals surface area contributed by atoms with Crippen molar-refractivity contribution in [2.24, 2.45) is 0 Å². The number of imidazole rings is 1. The Hall–Kier alpha value is -1.99. The highest BCUT2D eigenvalue weighted by molar-refractivity contribution is 6.31. The molecule has 0 amide bonds.